The van der Waals surface area contributed by atoms with Crippen LogP contribution in [-0.2, 0) is 13.0 Å². The second-order valence-corrected chi connectivity index (χ2v) is 6.31. The van der Waals surface area contributed by atoms with E-state index in [-0.39, 0.29) is 5.54 Å². The van der Waals surface area contributed by atoms with E-state index < -0.39 is 0 Å². The predicted octanol–water partition coefficient (Wildman–Crippen LogP) is 3.49. The molecule has 2 rings (SSSR count). The number of imidazole rings is 1. The molecular formula is C14H20BrN3. The summed E-state index contributed by atoms with van der Waals surface area (Å²) in [4.78, 5) is 4.72. The van der Waals surface area contributed by atoms with Gasteiger partial charge in [0.1, 0.15) is 5.82 Å². The third-order valence-corrected chi connectivity index (χ3v) is 3.59. The lowest BCUT2D eigenvalue weighted by Crippen LogP contribution is -2.32. The Morgan fingerprint density at radius 3 is 2.72 bits per heavy atom. The minimum Gasteiger partial charge on any atom is -0.328 e. The maximum absolute atomic E-state index is 6.05. The molecule has 0 unspecified atom stereocenters. The van der Waals surface area contributed by atoms with Crippen molar-refractivity contribution in [3.63, 3.8) is 0 Å². The van der Waals surface area contributed by atoms with Crippen molar-refractivity contribution in [2.24, 2.45) is 5.73 Å². The van der Waals surface area contributed by atoms with Crippen LogP contribution in [-0.4, -0.2) is 15.1 Å². The van der Waals surface area contributed by atoms with Crippen molar-refractivity contribution < 1.29 is 0 Å². The molecule has 0 saturated heterocycles. The Morgan fingerprint density at radius 1 is 1.39 bits per heavy atom. The molecule has 0 saturated carbocycles. The molecule has 0 aliphatic heterocycles. The molecule has 3 nitrogen and oxygen atoms in total. The maximum atomic E-state index is 6.05. The summed E-state index contributed by atoms with van der Waals surface area (Å²) in [5.74, 6) is 1.13. The van der Waals surface area contributed by atoms with Crippen LogP contribution in [0.15, 0.2) is 22.7 Å². The van der Waals surface area contributed by atoms with Gasteiger partial charge in [-0.1, -0.05) is 15.9 Å². The normalized spacial score (nSPS) is 12.3. The average molecular weight is 310 g/mol. The quantitative estimate of drug-likeness (QED) is 0.939. The zero-order valence-electron chi connectivity index (χ0n) is 11.2. The summed E-state index contributed by atoms with van der Waals surface area (Å²) in [6.07, 6.45) is 1.86. The highest BCUT2D eigenvalue weighted by atomic mass is 79.9. The van der Waals surface area contributed by atoms with Gasteiger partial charge in [-0.15, -0.1) is 0 Å². The van der Waals surface area contributed by atoms with E-state index in [9.17, 15) is 0 Å². The lowest BCUT2D eigenvalue weighted by molar-refractivity contribution is 0.466. The molecule has 0 aliphatic carbocycles. The fourth-order valence-corrected chi connectivity index (χ4v) is 2.48. The first-order valence-corrected chi connectivity index (χ1v) is 7.13. The van der Waals surface area contributed by atoms with Gasteiger partial charge < -0.3 is 10.3 Å². The molecule has 0 aliphatic rings. The topological polar surface area (TPSA) is 43.8 Å². The highest BCUT2D eigenvalue weighted by Crippen LogP contribution is 2.22. The molecular weight excluding hydrogens is 290 g/mol. The Bertz CT molecular complexity index is 552. The van der Waals surface area contributed by atoms with Gasteiger partial charge in [0.15, 0.2) is 0 Å². The summed E-state index contributed by atoms with van der Waals surface area (Å²) in [6.45, 7) is 7.21. The highest BCUT2D eigenvalue weighted by Gasteiger charge is 2.15. The smallest absolute Gasteiger partial charge is 0.109 e. The van der Waals surface area contributed by atoms with E-state index in [1.165, 1.54) is 5.52 Å². The van der Waals surface area contributed by atoms with Gasteiger partial charge in [-0.2, -0.15) is 0 Å². The third-order valence-electron chi connectivity index (χ3n) is 3.10. The van der Waals surface area contributed by atoms with Crippen molar-refractivity contribution in [1.82, 2.24) is 9.55 Å². The molecule has 1 aromatic carbocycles. The van der Waals surface area contributed by atoms with Crippen LogP contribution in [0.4, 0.5) is 0 Å². The van der Waals surface area contributed by atoms with E-state index in [0.29, 0.717) is 0 Å². The van der Waals surface area contributed by atoms with Gasteiger partial charge in [-0.25, -0.2) is 4.98 Å². The van der Waals surface area contributed by atoms with Crippen LogP contribution in [0.25, 0.3) is 11.0 Å². The number of fused-ring (bicyclic) bond motifs is 1. The van der Waals surface area contributed by atoms with Crippen LogP contribution in [0.1, 0.15) is 33.0 Å². The number of hydrogen-bond donors (Lipinski definition) is 1. The summed E-state index contributed by atoms with van der Waals surface area (Å²) in [6, 6.07) is 6.25. The van der Waals surface area contributed by atoms with E-state index >= 15 is 0 Å². The van der Waals surface area contributed by atoms with Crippen LogP contribution in [0.2, 0.25) is 0 Å². The maximum Gasteiger partial charge on any atom is 0.109 e. The van der Waals surface area contributed by atoms with Gasteiger partial charge in [-0.05, 0) is 45.4 Å². The minimum absolute atomic E-state index is 0.142. The van der Waals surface area contributed by atoms with Gasteiger partial charge in [0.2, 0.25) is 0 Å². The summed E-state index contributed by atoms with van der Waals surface area (Å²) in [5.41, 5.74) is 8.16. The van der Waals surface area contributed by atoms with Crippen molar-refractivity contribution in [2.45, 2.75) is 45.7 Å². The second-order valence-electron chi connectivity index (χ2n) is 5.39. The fraction of sp³-hybridized carbons (Fsp3) is 0.500. The van der Waals surface area contributed by atoms with Gasteiger partial charge in [0, 0.05) is 23.0 Å². The first-order valence-electron chi connectivity index (χ1n) is 6.34. The van der Waals surface area contributed by atoms with Crippen LogP contribution < -0.4 is 5.73 Å². The monoisotopic (exact) mass is 309 g/mol. The molecule has 1 heterocycles. The molecule has 98 valence electrons. The van der Waals surface area contributed by atoms with Crippen LogP contribution in [0.3, 0.4) is 0 Å². The zero-order chi connectivity index (χ0) is 13.3. The van der Waals surface area contributed by atoms with Gasteiger partial charge in [0.05, 0.1) is 11.0 Å². The molecule has 0 amide bonds. The number of nitrogens with zero attached hydrogens (tertiary/aromatic N) is 2. The van der Waals surface area contributed by atoms with Crippen LogP contribution in [0.5, 0.6) is 0 Å². The molecule has 18 heavy (non-hydrogen) atoms. The Kier molecular flexibility index (Phi) is 3.78. The molecule has 0 radical (unpaired) electrons. The summed E-state index contributed by atoms with van der Waals surface area (Å²) in [5, 5.41) is 0. The number of rotatable bonds is 4. The third kappa shape index (κ3) is 2.93. The Hall–Kier alpha value is -0.870. The first-order chi connectivity index (χ1) is 8.40. The molecule has 0 fully saturated rings. The summed E-state index contributed by atoms with van der Waals surface area (Å²) in [7, 11) is 0. The highest BCUT2D eigenvalue weighted by molar-refractivity contribution is 9.10. The first kappa shape index (κ1) is 13.6. The number of aryl methyl sites for hydroxylation is 2. The molecule has 4 heteroatoms. The second kappa shape index (κ2) is 5.02. The molecule has 0 bridgehead atoms. The lowest BCUT2D eigenvalue weighted by Gasteiger charge is -2.18. The number of nitrogens with two attached hydrogens (primary N) is 1. The molecule has 1 aromatic heterocycles. The van der Waals surface area contributed by atoms with Crippen molar-refractivity contribution in [1.29, 1.82) is 0 Å². The summed E-state index contributed by atoms with van der Waals surface area (Å²) >= 11 is 3.49. The van der Waals surface area contributed by atoms with Crippen molar-refractivity contribution >= 4 is 27.0 Å². The van der Waals surface area contributed by atoms with Gasteiger partial charge >= 0.3 is 0 Å². The van der Waals surface area contributed by atoms with E-state index in [4.69, 9.17) is 10.7 Å². The molecule has 2 aromatic rings. The number of halogens is 1. The van der Waals surface area contributed by atoms with Crippen molar-refractivity contribution in [3.05, 3.63) is 28.5 Å². The fourth-order valence-electron chi connectivity index (χ4n) is 2.13. The summed E-state index contributed by atoms with van der Waals surface area (Å²) < 4.78 is 3.34. The van der Waals surface area contributed by atoms with Gasteiger partial charge in [-0.3, -0.25) is 0 Å². The number of hydrogen-bond acceptors (Lipinski definition) is 2. The Labute approximate surface area is 117 Å². The van der Waals surface area contributed by atoms with E-state index in [2.05, 4.69) is 59.5 Å². The molecule has 0 atom stereocenters. The van der Waals surface area contributed by atoms with E-state index in [0.717, 1.165) is 35.2 Å². The van der Waals surface area contributed by atoms with Crippen molar-refractivity contribution in [3.8, 4) is 0 Å². The SMILES string of the molecule is CCn1c(CCC(C)(C)N)nc2cc(Br)ccc21. The Balaban J connectivity index is 2.38. The van der Waals surface area contributed by atoms with E-state index in [1.54, 1.807) is 0 Å². The largest absolute Gasteiger partial charge is 0.328 e. The van der Waals surface area contributed by atoms with Crippen LogP contribution >= 0.6 is 15.9 Å². The van der Waals surface area contributed by atoms with Gasteiger partial charge in [0.25, 0.3) is 0 Å². The number of benzene rings is 1. The Morgan fingerprint density at radius 2 is 2.11 bits per heavy atom. The predicted molar refractivity (Wildman–Crippen MR) is 79.7 cm³/mol. The molecule has 2 N–H and O–H groups in total. The molecule has 0 spiro atoms. The van der Waals surface area contributed by atoms with E-state index in [1.807, 2.05) is 0 Å². The lowest BCUT2D eigenvalue weighted by atomic mass is 10.00. The van der Waals surface area contributed by atoms with Crippen LogP contribution in [0, 0.1) is 0 Å². The minimum atomic E-state index is -0.142. The number of aromatic nitrogens is 2. The average Bonchev–Trinajstić information content (AvgIpc) is 2.62. The standard InChI is InChI=1S/C14H20BrN3/c1-4-18-12-6-5-10(15)9-11(12)17-13(18)7-8-14(2,3)16/h5-6,9H,4,7-8,16H2,1-3H3. The zero-order valence-corrected chi connectivity index (χ0v) is 12.8. The van der Waals surface area contributed by atoms with Crippen molar-refractivity contribution in [2.75, 3.05) is 0 Å².